The summed E-state index contributed by atoms with van der Waals surface area (Å²) in [6, 6.07) is 0. The number of esters is 2. The van der Waals surface area contributed by atoms with Crippen LogP contribution < -0.4 is 0 Å². The minimum Gasteiger partial charge on any atom is -0.462 e. The van der Waals surface area contributed by atoms with Gasteiger partial charge in [0.25, 0.3) is 0 Å². The van der Waals surface area contributed by atoms with Crippen LogP contribution in [0.1, 0.15) is 206 Å². The Morgan fingerprint density at radius 2 is 1.00 bits per heavy atom. The van der Waals surface area contributed by atoms with Gasteiger partial charge in [-0.3, -0.25) is 14.1 Å². The minimum atomic E-state index is -4.77. The number of allylic oxidation sites excluding steroid dienone is 4. The van der Waals surface area contributed by atoms with E-state index in [1.807, 2.05) is 6.08 Å². The lowest BCUT2D eigenvalue weighted by Crippen LogP contribution is -2.29. The summed E-state index contributed by atoms with van der Waals surface area (Å²) in [7, 11) is -4.77. The smallest absolute Gasteiger partial charge is 0.462 e. The van der Waals surface area contributed by atoms with Crippen molar-refractivity contribution < 1.29 is 42.7 Å². The maximum absolute atomic E-state index is 12.4. The van der Waals surface area contributed by atoms with Gasteiger partial charge in [-0.2, -0.15) is 0 Å². The topological polar surface area (TPSA) is 132 Å². The second-order valence-corrected chi connectivity index (χ2v) is 16.7. The lowest BCUT2D eigenvalue weighted by molar-refractivity contribution is -0.161. The molecule has 0 amide bonds. The largest absolute Gasteiger partial charge is 0.469 e. The molecule has 1 fully saturated rings. The highest BCUT2D eigenvalue weighted by molar-refractivity contribution is 7.46. The molecule has 0 aliphatic carbocycles. The van der Waals surface area contributed by atoms with Crippen LogP contribution in [-0.4, -0.2) is 53.3 Å². The third-order valence-electron chi connectivity index (χ3n) is 10.1. The highest BCUT2D eigenvalue weighted by atomic mass is 31.2. The van der Waals surface area contributed by atoms with Crippen LogP contribution in [0.2, 0.25) is 0 Å². The van der Waals surface area contributed by atoms with Crippen molar-refractivity contribution in [1.29, 1.82) is 0 Å². The fraction of sp³-hybridized carbons (Fsp3) is 0.822. The van der Waals surface area contributed by atoms with Gasteiger partial charge < -0.3 is 24.0 Å². The first kappa shape index (κ1) is 51.2. The summed E-state index contributed by atoms with van der Waals surface area (Å²) in [4.78, 5) is 42.9. The SMILES string of the molecule is CCCCC/C=C\CC1OC1C/C=C\C/C=C\CCCC(=O)OC[C@H](COP(=O)(O)O)OC(=O)CCCCCCCCCCCCCCCCCCCCC. The van der Waals surface area contributed by atoms with Gasteiger partial charge in [-0.05, 0) is 51.4 Å². The molecule has 320 valence electrons. The summed E-state index contributed by atoms with van der Waals surface area (Å²) in [5, 5.41) is 0. The van der Waals surface area contributed by atoms with E-state index >= 15 is 0 Å². The van der Waals surface area contributed by atoms with E-state index in [4.69, 9.17) is 24.0 Å². The maximum Gasteiger partial charge on any atom is 0.469 e. The Labute approximate surface area is 336 Å². The second-order valence-electron chi connectivity index (χ2n) is 15.4. The Hall–Kier alpha value is -1.77. The molecule has 1 heterocycles. The molecule has 9 nitrogen and oxygen atoms in total. The summed E-state index contributed by atoms with van der Waals surface area (Å²) in [5.74, 6) is -0.949. The molecule has 2 N–H and O–H groups in total. The van der Waals surface area contributed by atoms with Crippen molar-refractivity contribution in [2.75, 3.05) is 13.2 Å². The average Bonchev–Trinajstić information content (AvgIpc) is 3.91. The number of hydrogen-bond donors (Lipinski definition) is 2. The normalized spacial score (nSPS) is 16.4. The lowest BCUT2D eigenvalue weighted by atomic mass is 10.0. The Morgan fingerprint density at radius 3 is 1.55 bits per heavy atom. The molecular formula is C45H81O9P. The predicted molar refractivity (Wildman–Crippen MR) is 225 cm³/mol. The van der Waals surface area contributed by atoms with Gasteiger partial charge in [0.2, 0.25) is 0 Å². The van der Waals surface area contributed by atoms with Gasteiger partial charge in [-0.25, -0.2) is 4.57 Å². The zero-order valence-corrected chi connectivity index (χ0v) is 35.9. The van der Waals surface area contributed by atoms with E-state index in [1.54, 1.807) is 0 Å². The van der Waals surface area contributed by atoms with E-state index in [9.17, 15) is 14.2 Å². The quantitative estimate of drug-likeness (QED) is 0.0204. The van der Waals surface area contributed by atoms with E-state index in [0.717, 1.165) is 51.4 Å². The van der Waals surface area contributed by atoms with Crippen molar-refractivity contribution in [1.82, 2.24) is 0 Å². The Morgan fingerprint density at radius 1 is 0.564 bits per heavy atom. The molecule has 0 radical (unpaired) electrons. The molecule has 10 heteroatoms. The highest BCUT2D eigenvalue weighted by Gasteiger charge is 2.36. The number of phosphoric ester groups is 1. The summed E-state index contributed by atoms with van der Waals surface area (Å²) < 4.78 is 32.1. The van der Waals surface area contributed by atoms with E-state index in [0.29, 0.717) is 25.0 Å². The third kappa shape index (κ3) is 36.3. The van der Waals surface area contributed by atoms with Crippen molar-refractivity contribution in [3.8, 4) is 0 Å². The van der Waals surface area contributed by atoms with Gasteiger partial charge in [0.15, 0.2) is 6.10 Å². The van der Waals surface area contributed by atoms with Crippen molar-refractivity contribution in [3.05, 3.63) is 36.5 Å². The summed E-state index contributed by atoms with van der Waals surface area (Å²) in [5.41, 5.74) is 0. The summed E-state index contributed by atoms with van der Waals surface area (Å²) in [6.07, 6.45) is 46.2. The van der Waals surface area contributed by atoms with Gasteiger partial charge in [-0.15, -0.1) is 0 Å². The molecular weight excluding hydrogens is 715 g/mol. The van der Waals surface area contributed by atoms with Crippen LogP contribution in [0.3, 0.4) is 0 Å². The summed E-state index contributed by atoms with van der Waals surface area (Å²) >= 11 is 0. The molecule has 1 saturated heterocycles. The number of phosphoric acid groups is 1. The predicted octanol–water partition coefficient (Wildman–Crippen LogP) is 12.7. The first-order valence-electron chi connectivity index (χ1n) is 22.4. The monoisotopic (exact) mass is 797 g/mol. The molecule has 2 unspecified atom stereocenters. The minimum absolute atomic E-state index is 0.188. The molecule has 0 aromatic heterocycles. The first-order chi connectivity index (χ1) is 26.7. The molecule has 0 spiro atoms. The van der Waals surface area contributed by atoms with Gasteiger partial charge in [0.05, 0.1) is 18.8 Å². The van der Waals surface area contributed by atoms with Gasteiger partial charge in [0, 0.05) is 12.8 Å². The number of ether oxygens (including phenoxy) is 3. The molecule has 1 aliphatic rings. The zero-order chi connectivity index (χ0) is 40.1. The van der Waals surface area contributed by atoms with Crippen LogP contribution in [0.5, 0.6) is 0 Å². The van der Waals surface area contributed by atoms with Gasteiger partial charge in [-0.1, -0.05) is 179 Å². The first-order valence-corrected chi connectivity index (χ1v) is 23.9. The Kier molecular flexibility index (Phi) is 34.1. The number of hydrogen-bond acceptors (Lipinski definition) is 7. The average molecular weight is 797 g/mol. The lowest BCUT2D eigenvalue weighted by Gasteiger charge is -2.18. The second kappa shape index (κ2) is 36.6. The summed E-state index contributed by atoms with van der Waals surface area (Å²) in [6.45, 7) is 3.62. The van der Waals surface area contributed by atoms with E-state index in [1.165, 1.54) is 116 Å². The van der Waals surface area contributed by atoms with Crippen LogP contribution in [0.25, 0.3) is 0 Å². The molecule has 0 aromatic rings. The Balaban J connectivity index is 2.06. The van der Waals surface area contributed by atoms with Gasteiger partial charge in [0.1, 0.15) is 6.61 Å². The van der Waals surface area contributed by atoms with E-state index in [-0.39, 0.29) is 19.4 Å². The van der Waals surface area contributed by atoms with Crippen LogP contribution >= 0.6 is 7.82 Å². The van der Waals surface area contributed by atoms with Crippen molar-refractivity contribution in [2.24, 2.45) is 0 Å². The molecule has 0 bridgehead atoms. The molecule has 1 rings (SSSR count). The third-order valence-corrected chi connectivity index (χ3v) is 10.5. The van der Waals surface area contributed by atoms with Crippen molar-refractivity contribution in [2.45, 2.75) is 225 Å². The van der Waals surface area contributed by atoms with Crippen LogP contribution in [0, 0.1) is 0 Å². The standard InChI is InChI=1S/C45H81O9P/c1-3-5-7-9-11-12-13-14-15-16-17-18-19-20-21-22-25-30-34-38-45(47)53-41(40-52-55(48,49)50)39-51-44(46)37-33-29-26-23-24-28-32-36-43-42(54-43)35-31-27-10-8-6-4-2/h23,26-28,31-32,41-43H,3-22,24-25,29-30,33-40H2,1-2H3,(H2,48,49,50)/b26-23-,31-27-,32-28-/t41-,42?,43?/m1/s1. The molecule has 0 saturated carbocycles. The maximum atomic E-state index is 12.4. The molecule has 1 aliphatic heterocycles. The number of epoxide rings is 1. The van der Waals surface area contributed by atoms with E-state index in [2.05, 4.69) is 48.8 Å². The number of carbonyl (C=O) groups excluding carboxylic acids is 2. The van der Waals surface area contributed by atoms with Crippen molar-refractivity contribution >= 4 is 19.8 Å². The van der Waals surface area contributed by atoms with Crippen LogP contribution in [0.15, 0.2) is 36.5 Å². The molecule has 3 atom stereocenters. The van der Waals surface area contributed by atoms with Crippen LogP contribution in [0.4, 0.5) is 0 Å². The van der Waals surface area contributed by atoms with Crippen LogP contribution in [-0.2, 0) is 32.9 Å². The van der Waals surface area contributed by atoms with Crippen molar-refractivity contribution in [3.63, 3.8) is 0 Å². The number of rotatable bonds is 40. The zero-order valence-electron chi connectivity index (χ0n) is 35.0. The highest BCUT2D eigenvalue weighted by Crippen LogP contribution is 2.36. The fourth-order valence-electron chi connectivity index (χ4n) is 6.58. The number of unbranched alkanes of at least 4 members (excludes halogenated alkanes) is 22. The molecule has 0 aromatic carbocycles. The fourth-order valence-corrected chi connectivity index (χ4v) is 6.95. The van der Waals surface area contributed by atoms with E-state index < -0.39 is 32.5 Å². The molecule has 55 heavy (non-hydrogen) atoms. The Bertz CT molecular complexity index is 1050. The van der Waals surface area contributed by atoms with Gasteiger partial charge >= 0.3 is 19.8 Å². The number of carbonyl (C=O) groups is 2.